The number of aliphatic hydroxyl groups is 1. The summed E-state index contributed by atoms with van der Waals surface area (Å²) in [6, 6.07) is 4.44. The van der Waals surface area contributed by atoms with Gasteiger partial charge in [0.05, 0.1) is 12.7 Å². The highest BCUT2D eigenvalue weighted by atomic mass is 79.9. The summed E-state index contributed by atoms with van der Waals surface area (Å²) >= 11 is 3.14. The number of rotatable bonds is 6. The van der Waals surface area contributed by atoms with E-state index in [1.165, 1.54) is 12.1 Å². The molecule has 0 aromatic heterocycles. The van der Waals surface area contributed by atoms with Crippen molar-refractivity contribution in [2.24, 2.45) is 0 Å². The average Bonchev–Trinajstić information content (AvgIpc) is 2.33. The second-order valence-electron chi connectivity index (χ2n) is 3.94. The van der Waals surface area contributed by atoms with E-state index in [1.807, 2.05) is 6.92 Å². The molecule has 0 radical (unpaired) electrons. The molecule has 1 aromatic rings. The van der Waals surface area contributed by atoms with E-state index in [1.54, 1.807) is 6.07 Å². The molecule has 0 aliphatic rings. The molecule has 0 saturated heterocycles. The highest BCUT2D eigenvalue weighted by Crippen LogP contribution is 2.24. The van der Waals surface area contributed by atoms with Crippen LogP contribution >= 0.6 is 15.9 Å². The molecule has 3 nitrogen and oxygen atoms in total. The fourth-order valence-corrected chi connectivity index (χ4v) is 1.80. The first-order valence-corrected chi connectivity index (χ1v) is 6.62. The number of halogens is 2. The lowest BCUT2D eigenvalue weighted by molar-refractivity contribution is -0.144. The summed E-state index contributed by atoms with van der Waals surface area (Å²) in [5.74, 6) is -0.854. The molecule has 0 heterocycles. The molecule has 0 aliphatic carbocycles. The Morgan fingerprint density at radius 2 is 2.28 bits per heavy atom. The highest BCUT2D eigenvalue weighted by molar-refractivity contribution is 9.10. The third-order valence-electron chi connectivity index (χ3n) is 2.41. The van der Waals surface area contributed by atoms with Crippen molar-refractivity contribution in [3.8, 4) is 0 Å². The van der Waals surface area contributed by atoms with Crippen LogP contribution in [0.25, 0.3) is 0 Å². The quantitative estimate of drug-likeness (QED) is 0.818. The first kappa shape index (κ1) is 15.1. The van der Waals surface area contributed by atoms with E-state index < -0.39 is 11.9 Å². The predicted octanol–water partition coefficient (Wildman–Crippen LogP) is 3.36. The first-order valence-electron chi connectivity index (χ1n) is 5.83. The zero-order valence-corrected chi connectivity index (χ0v) is 11.7. The third kappa shape index (κ3) is 4.74. The Morgan fingerprint density at radius 1 is 1.56 bits per heavy atom. The van der Waals surface area contributed by atoms with E-state index in [2.05, 4.69) is 15.9 Å². The summed E-state index contributed by atoms with van der Waals surface area (Å²) < 4.78 is 19.0. The Hall–Kier alpha value is -0.940. The van der Waals surface area contributed by atoms with Crippen LogP contribution in [-0.2, 0) is 9.53 Å². The molecular formula is C13H16BrFO3. The number of hydrogen-bond donors (Lipinski definition) is 1. The van der Waals surface area contributed by atoms with Crippen molar-refractivity contribution in [2.45, 2.75) is 32.3 Å². The Bertz CT molecular complexity index is 409. The summed E-state index contributed by atoms with van der Waals surface area (Å²) in [5, 5.41) is 9.80. The first-order chi connectivity index (χ1) is 8.54. The minimum Gasteiger partial charge on any atom is -0.466 e. The largest absolute Gasteiger partial charge is 0.466 e. The average molecular weight is 319 g/mol. The van der Waals surface area contributed by atoms with Gasteiger partial charge in [-0.2, -0.15) is 0 Å². The van der Waals surface area contributed by atoms with Gasteiger partial charge in [0.1, 0.15) is 5.82 Å². The lowest BCUT2D eigenvalue weighted by Gasteiger charge is -2.11. The second-order valence-corrected chi connectivity index (χ2v) is 4.86. The van der Waals surface area contributed by atoms with Crippen LogP contribution in [0.15, 0.2) is 22.7 Å². The SMILES string of the molecule is CCCOC(=O)CCC(O)c1ccc(Br)cc1F. The molecule has 0 amide bonds. The number of ether oxygens (including phenoxy) is 1. The molecule has 0 fully saturated rings. The van der Waals surface area contributed by atoms with Gasteiger partial charge in [-0.05, 0) is 25.0 Å². The number of hydrogen-bond acceptors (Lipinski definition) is 3. The van der Waals surface area contributed by atoms with Gasteiger partial charge in [0.15, 0.2) is 0 Å². The van der Waals surface area contributed by atoms with E-state index in [4.69, 9.17) is 4.74 Å². The van der Waals surface area contributed by atoms with Crippen molar-refractivity contribution in [1.82, 2.24) is 0 Å². The Morgan fingerprint density at radius 3 is 2.89 bits per heavy atom. The minimum absolute atomic E-state index is 0.0800. The number of aliphatic hydroxyl groups excluding tert-OH is 1. The summed E-state index contributed by atoms with van der Waals surface area (Å²) in [7, 11) is 0. The Balaban J connectivity index is 2.50. The summed E-state index contributed by atoms with van der Waals surface area (Å²) in [4.78, 5) is 11.2. The lowest BCUT2D eigenvalue weighted by Crippen LogP contribution is -2.08. The molecule has 1 atom stereocenters. The van der Waals surface area contributed by atoms with E-state index in [-0.39, 0.29) is 24.4 Å². The van der Waals surface area contributed by atoms with E-state index in [0.717, 1.165) is 6.42 Å². The van der Waals surface area contributed by atoms with Gasteiger partial charge in [0.25, 0.3) is 0 Å². The molecule has 1 N–H and O–H groups in total. The maximum absolute atomic E-state index is 13.5. The molecule has 0 bridgehead atoms. The molecule has 1 rings (SSSR count). The number of carbonyl (C=O) groups excluding carboxylic acids is 1. The van der Waals surface area contributed by atoms with Crippen molar-refractivity contribution in [3.05, 3.63) is 34.1 Å². The summed E-state index contributed by atoms with van der Waals surface area (Å²) in [5.41, 5.74) is 0.196. The zero-order chi connectivity index (χ0) is 13.5. The maximum atomic E-state index is 13.5. The monoisotopic (exact) mass is 318 g/mol. The smallest absolute Gasteiger partial charge is 0.305 e. The van der Waals surface area contributed by atoms with E-state index >= 15 is 0 Å². The molecule has 1 aromatic carbocycles. The molecule has 0 aliphatic heterocycles. The Kier molecular flexibility index (Phi) is 6.29. The van der Waals surface area contributed by atoms with Gasteiger partial charge in [0, 0.05) is 16.5 Å². The van der Waals surface area contributed by atoms with Gasteiger partial charge in [-0.3, -0.25) is 4.79 Å². The van der Waals surface area contributed by atoms with Crippen LogP contribution in [0.3, 0.4) is 0 Å². The zero-order valence-electron chi connectivity index (χ0n) is 10.2. The van der Waals surface area contributed by atoms with Crippen molar-refractivity contribution >= 4 is 21.9 Å². The van der Waals surface area contributed by atoms with Gasteiger partial charge in [0.2, 0.25) is 0 Å². The van der Waals surface area contributed by atoms with Crippen LogP contribution in [0.4, 0.5) is 4.39 Å². The topological polar surface area (TPSA) is 46.5 Å². The number of esters is 1. The molecule has 5 heteroatoms. The van der Waals surface area contributed by atoms with Gasteiger partial charge in [-0.15, -0.1) is 0 Å². The Labute approximate surface area is 114 Å². The molecular weight excluding hydrogens is 303 g/mol. The predicted molar refractivity (Wildman–Crippen MR) is 69.5 cm³/mol. The van der Waals surface area contributed by atoms with Crippen LogP contribution in [0.5, 0.6) is 0 Å². The van der Waals surface area contributed by atoms with E-state index in [9.17, 15) is 14.3 Å². The molecule has 18 heavy (non-hydrogen) atoms. The van der Waals surface area contributed by atoms with Crippen LogP contribution in [0.1, 0.15) is 37.9 Å². The molecule has 0 saturated carbocycles. The fourth-order valence-electron chi connectivity index (χ4n) is 1.47. The fraction of sp³-hybridized carbons (Fsp3) is 0.462. The molecule has 1 unspecified atom stereocenters. The summed E-state index contributed by atoms with van der Waals surface area (Å²) in [6.07, 6.45) is 0.000194. The molecule has 0 spiro atoms. The minimum atomic E-state index is -0.993. The van der Waals surface area contributed by atoms with Crippen LogP contribution in [0, 0.1) is 5.82 Å². The summed E-state index contributed by atoms with van der Waals surface area (Å²) in [6.45, 7) is 2.28. The van der Waals surface area contributed by atoms with Crippen LogP contribution < -0.4 is 0 Å². The maximum Gasteiger partial charge on any atom is 0.305 e. The third-order valence-corrected chi connectivity index (χ3v) is 2.90. The number of carbonyl (C=O) groups is 1. The molecule has 100 valence electrons. The van der Waals surface area contributed by atoms with Crippen LogP contribution in [0.2, 0.25) is 0 Å². The van der Waals surface area contributed by atoms with Crippen molar-refractivity contribution in [1.29, 1.82) is 0 Å². The van der Waals surface area contributed by atoms with Crippen molar-refractivity contribution in [3.63, 3.8) is 0 Å². The number of benzene rings is 1. The van der Waals surface area contributed by atoms with Gasteiger partial charge in [-0.25, -0.2) is 4.39 Å². The van der Waals surface area contributed by atoms with Crippen LogP contribution in [-0.4, -0.2) is 17.7 Å². The highest BCUT2D eigenvalue weighted by Gasteiger charge is 2.15. The lowest BCUT2D eigenvalue weighted by atomic mass is 10.0. The van der Waals surface area contributed by atoms with Gasteiger partial charge < -0.3 is 9.84 Å². The normalized spacial score (nSPS) is 12.2. The second kappa shape index (κ2) is 7.48. The standard InChI is InChI=1S/C13H16BrFO3/c1-2-7-18-13(17)6-5-12(16)10-4-3-9(14)8-11(10)15/h3-4,8,12,16H,2,5-7H2,1H3. The van der Waals surface area contributed by atoms with Crippen molar-refractivity contribution < 1.29 is 19.0 Å². The van der Waals surface area contributed by atoms with Gasteiger partial charge in [-0.1, -0.05) is 28.9 Å². The van der Waals surface area contributed by atoms with E-state index in [0.29, 0.717) is 11.1 Å². The van der Waals surface area contributed by atoms with Gasteiger partial charge >= 0.3 is 5.97 Å². The van der Waals surface area contributed by atoms with Crippen molar-refractivity contribution in [2.75, 3.05) is 6.61 Å².